The first-order chi connectivity index (χ1) is 18.3. The third kappa shape index (κ3) is 8.33. The summed E-state index contributed by atoms with van der Waals surface area (Å²) in [5.41, 5.74) is -1.16. The number of carbonyl (C=O) groups excluding carboxylic acids is 1. The molecule has 11 heteroatoms. The first-order valence-electron chi connectivity index (χ1n) is 14.5. The lowest BCUT2D eigenvalue weighted by Gasteiger charge is -2.42. The third-order valence-corrected chi connectivity index (χ3v) is 18.5. The lowest BCUT2D eigenvalue weighted by Crippen LogP contribution is -2.50. The molecular weight excluding hydrogens is 539 g/mol. The van der Waals surface area contributed by atoms with Gasteiger partial charge in [0.05, 0.1) is 22.4 Å². The van der Waals surface area contributed by atoms with Crippen LogP contribution in [0.25, 0.3) is 0 Å². The summed E-state index contributed by atoms with van der Waals surface area (Å²) in [4.78, 5) is 12.7. The molecule has 0 N–H and O–H groups in total. The van der Waals surface area contributed by atoms with E-state index in [9.17, 15) is 9.36 Å². The Bertz CT molecular complexity index is 1090. The van der Waals surface area contributed by atoms with Crippen LogP contribution in [0.2, 0.25) is 36.3 Å². The van der Waals surface area contributed by atoms with Crippen LogP contribution < -0.4 is 0 Å². The van der Waals surface area contributed by atoms with Gasteiger partial charge in [0, 0.05) is 13.5 Å². The Labute approximate surface area is 236 Å². The predicted octanol–water partition coefficient (Wildman–Crippen LogP) is 7.57. The summed E-state index contributed by atoms with van der Waals surface area (Å²) >= 11 is 0. The number of esters is 1. The van der Waals surface area contributed by atoms with E-state index in [0.29, 0.717) is 5.56 Å². The third-order valence-electron chi connectivity index (χ3n) is 8.05. The SMILES string of the molecule is [2H]C([2H])([2H])OP1(=O)O[C@H](C[C@H](CO[Si](C)(C)C(C)(C)C)O[Si](C)(C)C(C)(C)C)[C@@](C)(COC(=O)c2ccccc2)O1. The fourth-order valence-corrected chi connectivity index (χ4v) is 7.23. The summed E-state index contributed by atoms with van der Waals surface area (Å²) in [6, 6.07) is 8.41. The molecule has 4 atom stereocenters. The number of rotatable bonds is 11. The molecule has 1 heterocycles. The van der Waals surface area contributed by atoms with Crippen LogP contribution in [0.15, 0.2) is 30.3 Å². The predicted molar refractivity (Wildman–Crippen MR) is 156 cm³/mol. The van der Waals surface area contributed by atoms with Gasteiger partial charge in [-0.05, 0) is 55.3 Å². The fraction of sp³-hybridized carbons (Fsp3) is 0.741. The maximum atomic E-state index is 13.4. The van der Waals surface area contributed by atoms with Gasteiger partial charge in [-0.1, -0.05) is 59.7 Å². The molecule has 1 aromatic carbocycles. The minimum atomic E-state index is -4.55. The molecule has 1 aliphatic rings. The zero-order valence-corrected chi connectivity index (χ0v) is 27.8. The number of carbonyl (C=O) groups is 1. The van der Waals surface area contributed by atoms with Gasteiger partial charge < -0.3 is 13.6 Å². The number of hydrogen-bond donors (Lipinski definition) is 0. The number of phosphoric ester groups is 1. The van der Waals surface area contributed by atoms with Gasteiger partial charge in [-0.2, -0.15) is 0 Å². The van der Waals surface area contributed by atoms with E-state index >= 15 is 0 Å². The van der Waals surface area contributed by atoms with Crippen molar-refractivity contribution in [1.29, 1.82) is 0 Å². The molecule has 0 spiro atoms. The lowest BCUT2D eigenvalue weighted by atomic mass is 9.95. The maximum Gasteiger partial charge on any atom is 0.475 e. The van der Waals surface area contributed by atoms with Crippen molar-refractivity contribution in [3.05, 3.63) is 35.9 Å². The number of ether oxygens (including phenoxy) is 1. The van der Waals surface area contributed by atoms with Crippen LogP contribution in [0.3, 0.4) is 0 Å². The molecule has 1 unspecified atom stereocenters. The quantitative estimate of drug-likeness (QED) is 0.148. The van der Waals surface area contributed by atoms with Crippen molar-refractivity contribution in [2.75, 3.05) is 20.3 Å². The Morgan fingerprint density at radius 3 is 2.18 bits per heavy atom. The molecule has 0 radical (unpaired) electrons. The number of benzene rings is 1. The molecule has 8 nitrogen and oxygen atoms in total. The molecule has 218 valence electrons. The lowest BCUT2D eigenvalue weighted by molar-refractivity contribution is -0.0371. The molecule has 0 amide bonds. The summed E-state index contributed by atoms with van der Waals surface area (Å²) in [5.74, 6) is -0.608. The van der Waals surface area contributed by atoms with E-state index in [1.807, 2.05) is 0 Å². The van der Waals surface area contributed by atoms with Crippen molar-refractivity contribution in [3.63, 3.8) is 0 Å². The van der Waals surface area contributed by atoms with Crippen molar-refractivity contribution < 1.29 is 40.6 Å². The van der Waals surface area contributed by atoms with Gasteiger partial charge in [-0.3, -0.25) is 13.6 Å². The average Bonchev–Trinajstić information content (AvgIpc) is 3.02. The Hall–Kier alpha value is -0.846. The zero-order chi connectivity index (χ0) is 31.7. The topological polar surface area (TPSA) is 89.5 Å². The van der Waals surface area contributed by atoms with Gasteiger partial charge >= 0.3 is 13.8 Å². The van der Waals surface area contributed by atoms with Gasteiger partial charge in [0.25, 0.3) is 0 Å². The van der Waals surface area contributed by atoms with Crippen molar-refractivity contribution in [3.8, 4) is 0 Å². The van der Waals surface area contributed by atoms with Crippen molar-refractivity contribution >= 4 is 30.4 Å². The summed E-state index contributed by atoms with van der Waals surface area (Å²) in [6.07, 6.45) is -1.34. The molecular formula is C27H49O8PSi2. The number of hydrogen-bond acceptors (Lipinski definition) is 8. The Morgan fingerprint density at radius 1 is 1.08 bits per heavy atom. The van der Waals surface area contributed by atoms with E-state index < -0.39 is 55.3 Å². The molecule has 0 bridgehead atoms. The Morgan fingerprint density at radius 2 is 1.66 bits per heavy atom. The van der Waals surface area contributed by atoms with Crippen LogP contribution in [0.4, 0.5) is 0 Å². The Balaban J connectivity index is 2.40. The maximum absolute atomic E-state index is 13.4. The molecule has 1 aliphatic heterocycles. The van der Waals surface area contributed by atoms with Crippen LogP contribution in [0, 0.1) is 0 Å². The average molecular weight is 592 g/mol. The standard InChI is InChI=1S/C27H49O8PSi2/c1-25(2,3)37(9,10)32-19-22(34-38(11,12)26(4,5)6)18-23-27(7,35-36(29,30-8)33-23)20-31-24(28)21-16-14-13-15-17-21/h13-17,22-23H,18-20H2,1-12H3/t22-,23-,27-,36?/m1/s1/i8D3. The minimum absolute atomic E-state index is 0.0368. The molecule has 1 fully saturated rings. The van der Waals surface area contributed by atoms with Crippen molar-refractivity contribution in [2.45, 2.75) is 109 Å². The van der Waals surface area contributed by atoms with Crippen molar-refractivity contribution in [1.82, 2.24) is 0 Å². The largest absolute Gasteiger partial charge is 0.475 e. The van der Waals surface area contributed by atoms with Gasteiger partial charge in [-0.25, -0.2) is 9.36 Å². The molecule has 38 heavy (non-hydrogen) atoms. The van der Waals surface area contributed by atoms with Crippen molar-refractivity contribution in [2.24, 2.45) is 0 Å². The van der Waals surface area contributed by atoms with Gasteiger partial charge in [0.15, 0.2) is 16.6 Å². The molecule has 0 aliphatic carbocycles. The monoisotopic (exact) mass is 591 g/mol. The molecule has 1 saturated heterocycles. The molecule has 0 aromatic heterocycles. The number of phosphoric acid groups is 1. The first-order valence-corrected chi connectivity index (χ1v) is 20.3. The summed E-state index contributed by atoms with van der Waals surface area (Å²) < 4.78 is 71.0. The Kier molecular flexibility index (Phi) is 9.01. The van der Waals surface area contributed by atoms with Crippen LogP contribution in [-0.2, 0) is 31.7 Å². The van der Waals surface area contributed by atoms with E-state index in [2.05, 4.69) is 67.7 Å². The molecule has 1 aromatic rings. The van der Waals surface area contributed by atoms with E-state index in [-0.39, 0.29) is 29.7 Å². The van der Waals surface area contributed by atoms with E-state index in [4.69, 9.17) is 31.3 Å². The van der Waals surface area contributed by atoms with E-state index in [0.717, 1.165) is 0 Å². The summed E-state index contributed by atoms with van der Waals surface area (Å²) in [5, 5.41) is -0.145. The second kappa shape index (κ2) is 11.9. The minimum Gasteiger partial charge on any atom is -0.459 e. The van der Waals surface area contributed by atoms with E-state index in [1.54, 1.807) is 37.3 Å². The van der Waals surface area contributed by atoms with Crippen LogP contribution in [-0.4, -0.2) is 60.7 Å². The van der Waals surface area contributed by atoms with E-state index in [1.165, 1.54) is 0 Å². The summed E-state index contributed by atoms with van der Waals surface area (Å²) in [6.45, 7) is 22.9. The van der Waals surface area contributed by atoms with Gasteiger partial charge in [0.1, 0.15) is 18.3 Å². The second-order valence-electron chi connectivity index (χ2n) is 13.3. The zero-order valence-electron chi connectivity index (χ0n) is 27.9. The normalized spacial score (nSPS) is 27.3. The highest BCUT2D eigenvalue weighted by Gasteiger charge is 2.55. The van der Waals surface area contributed by atoms with Crippen LogP contribution >= 0.6 is 7.82 Å². The summed E-state index contributed by atoms with van der Waals surface area (Å²) in [7, 11) is -12.1. The smallest absolute Gasteiger partial charge is 0.459 e. The van der Waals surface area contributed by atoms with Gasteiger partial charge in [0.2, 0.25) is 0 Å². The molecule has 2 rings (SSSR count). The first kappa shape index (κ1) is 28.7. The highest BCUT2D eigenvalue weighted by Crippen LogP contribution is 2.61. The van der Waals surface area contributed by atoms with Crippen LogP contribution in [0.5, 0.6) is 0 Å². The van der Waals surface area contributed by atoms with Crippen LogP contribution in [0.1, 0.15) is 69.4 Å². The molecule has 0 saturated carbocycles. The highest BCUT2D eigenvalue weighted by atomic mass is 31.2. The van der Waals surface area contributed by atoms with Gasteiger partial charge in [-0.15, -0.1) is 0 Å². The fourth-order valence-electron chi connectivity index (χ4n) is 3.42. The second-order valence-corrected chi connectivity index (χ2v) is 24.3. The highest BCUT2D eigenvalue weighted by molar-refractivity contribution is 7.48.